The Labute approximate surface area is 141 Å². The predicted molar refractivity (Wildman–Crippen MR) is 90.6 cm³/mol. The molecular weight excluding hydrogens is 307 g/mol. The topological polar surface area (TPSA) is 46.5 Å². The van der Waals surface area contributed by atoms with Crippen molar-refractivity contribution < 1.29 is 19.0 Å². The lowest BCUT2D eigenvalue weighted by Crippen LogP contribution is -2.00. The molecule has 0 amide bonds. The summed E-state index contributed by atoms with van der Waals surface area (Å²) in [7, 11) is 0. The first-order valence-corrected chi connectivity index (χ1v) is 8.33. The van der Waals surface area contributed by atoms with Crippen molar-refractivity contribution >= 4 is 5.97 Å². The van der Waals surface area contributed by atoms with E-state index in [2.05, 4.69) is 0 Å². The molecule has 0 spiro atoms. The van der Waals surface area contributed by atoms with E-state index in [0.717, 1.165) is 30.4 Å². The highest BCUT2D eigenvalue weighted by atomic mass is 19.1. The minimum absolute atomic E-state index is 0.148. The van der Waals surface area contributed by atoms with Crippen LogP contribution in [0.5, 0.6) is 5.75 Å². The maximum Gasteiger partial charge on any atom is 0.306 e. The molecular formula is C20H21FO3. The summed E-state index contributed by atoms with van der Waals surface area (Å²) in [5.74, 6) is -0.120. The van der Waals surface area contributed by atoms with E-state index in [0.29, 0.717) is 18.3 Å². The van der Waals surface area contributed by atoms with E-state index in [1.807, 2.05) is 31.2 Å². The lowest BCUT2D eigenvalue weighted by molar-refractivity contribution is -0.138. The molecule has 1 N–H and O–H groups in total. The molecule has 0 radical (unpaired) electrons. The molecule has 0 saturated heterocycles. The summed E-state index contributed by atoms with van der Waals surface area (Å²) in [5.41, 5.74) is 2.83. The van der Waals surface area contributed by atoms with Crippen molar-refractivity contribution in [1.82, 2.24) is 0 Å². The molecule has 0 heterocycles. The van der Waals surface area contributed by atoms with E-state index in [1.54, 1.807) is 6.07 Å². The monoisotopic (exact) mass is 328 g/mol. The molecule has 1 aliphatic rings. The maximum atomic E-state index is 13.6. The minimum Gasteiger partial charge on any atom is -0.493 e. The first-order valence-electron chi connectivity index (χ1n) is 8.33. The van der Waals surface area contributed by atoms with Gasteiger partial charge in [-0.1, -0.05) is 24.3 Å². The van der Waals surface area contributed by atoms with Gasteiger partial charge in [-0.2, -0.15) is 0 Å². The van der Waals surface area contributed by atoms with Gasteiger partial charge in [-0.15, -0.1) is 0 Å². The fourth-order valence-corrected chi connectivity index (χ4v) is 3.08. The molecule has 1 saturated carbocycles. The fourth-order valence-electron chi connectivity index (χ4n) is 3.08. The Kier molecular flexibility index (Phi) is 4.84. The van der Waals surface area contributed by atoms with Crippen LogP contribution in [0.2, 0.25) is 0 Å². The molecule has 3 nitrogen and oxygen atoms in total. The Hall–Kier alpha value is -2.36. The highest BCUT2D eigenvalue weighted by Crippen LogP contribution is 2.42. The number of benzene rings is 2. The van der Waals surface area contributed by atoms with Crippen molar-refractivity contribution in [1.29, 1.82) is 0 Å². The molecule has 0 aromatic heterocycles. The van der Waals surface area contributed by atoms with Gasteiger partial charge in [-0.3, -0.25) is 4.79 Å². The van der Waals surface area contributed by atoms with Gasteiger partial charge < -0.3 is 9.84 Å². The second-order valence-corrected chi connectivity index (χ2v) is 6.25. The SMILES string of the molecule is CCOc1ccc(F)cc1-c1ccc(CCC2CC2C(=O)O)cc1. The molecule has 1 fully saturated rings. The number of carbonyl (C=O) groups is 1. The molecule has 2 unspecified atom stereocenters. The molecule has 0 aliphatic heterocycles. The van der Waals surface area contributed by atoms with Gasteiger partial charge in [0.25, 0.3) is 0 Å². The molecule has 2 aromatic rings. The highest BCUT2D eigenvalue weighted by Gasteiger charge is 2.42. The van der Waals surface area contributed by atoms with Crippen LogP contribution in [0.25, 0.3) is 11.1 Å². The number of aryl methyl sites for hydroxylation is 1. The molecule has 2 aromatic carbocycles. The highest BCUT2D eigenvalue weighted by molar-refractivity contribution is 5.73. The van der Waals surface area contributed by atoms with Gasteiger partial charge in [0.15, 0.2) is 0 Å². The third-order valence-corrected chi connectivity index (χ3v) is 4.55. The van der Waals surface area contributed by atoms with Crippen LogP contribution in [0.1, 0.15) is 25.3 Å². The molecule has 24 heavy (non-hydrogen) atoms. The van der Waals surface area contributed by atoms with Gasteiger partial charge in [-0.05, 0) is 61.4 Å². The number of ether oxygens (including phenoxy) is 1. The molecule has 0 bridgehead atoms. The van der Waals surface area contributed by atoms with E-state index in [9.17, 15) is 9.18 Å². The fraction of sp³-hybridized carbons (Fsp3) is 0.350. The number of hydrogen-bond donors (Lipinski definition) is 1. The molecule has 126 valence electrons. The quantitative estimate of drug-likeness (QED) is 0.811. The predicted octanol–water partition coefficient (Wildman–Crippen LogP) is 4.54. The standard InChI is InChI=1S/C20H21FO3/c1-2-24-19-10-9-16(21)12-17(19)14-6-3-13(4-7-14)5-8-15-11-18(15)20(22)23/h3-4,6-7,9-10,12,15,18H,2,5,8,11H2,1H3,(H,22,23). The minimum atomic E-state index is -0.676. The van der Waals surface area contributed by atoms with Gasteiger partial charge in [0.05, 0.1) is 12.5 Å². The largest absolute Gasteiger partial charge is 0.493 e. The molecule has 1 aliphatic carbocycles. The normalized spacial score (nSPS) is 19.1. The molecule has 4 heteroatoms. The third-order valence-electron chi connectivity index (χ3n) is 4.55. The molecule has 2 atom stereocenters. The van der Waals surface area contributed by atoms with Crippen molar-refractivity contribution in [3.63, 3.8) is 0 Å². The summed E-state index contributed by atoms with van der Waals surface area (Å²) in [4.78, 5) is 10.9. The first kappa shape index (κ1) is 16.5. The van der Waals surface area contributed by atoms with Crippen LogP contribution < -0.4 is 4.74 Å². The summed E-state index contributed by atoms with van der Waals surface area (Å²) in [6.45, 7) is 2.43. The maximum absolute atomic E-state index is 13.6. The smallest absolute Gasteiger partial charge is 0.306 e. The van der Waals surface area contributed by atoms with Crippen LogP contribution in [0.15, 0.2) is 42.5 Å². The number of hydrogen-bond acceptors (Lipinski definition) is 2. The average Bonchev–Trinajstić information content (AvgIpc) is 3.35. The zero-order valence-electron chi connectivity index (χ0n) is 13.7. The van der Waals surface area contributed by atoms with Crippen molar-refractivity contribution in [2.45, 2.75) is 26.2 Å². The Morgan fingerprint density at radius 2 is 2.00 bits per heavy atom. The van der Waals surface area contributed by atoms with Gasteiger partial charge in [0, 0.05) is 5.56 Å². The summed E-state index contributed by atoms with van der Waals surface area (Å²) in [6, 6.07) is 12.5. The Balaban J connectivity index is 1.68. The summed E-state index contributed by atoms with van der Waals surface area (Å²) < 4.78 is 19.1. The second-order valence-electron chi connectivity index (χ2n) is 6.25. The zero-order chi connectivity index (χ0) is 17.1. The Morgan fingerprint density at radius 3 is 2.62 bits per heavy atom. The van der Waals surface area contributed by atoms with Crippen LogP contribution in [-0.4, -0.2) is 17.7 Å². The second kappa shape index (κ2) is 7.04. The summed E-state index contributed by atoms with van der Waals surface area (Å²) in [6.07, 6.45) is 2.57. The van der Waals surface area contributed by atoms with Crippen molar-refractivity contribution in [2.24, 2.45) is 11.8 Å². The van der Waals surface area contributed by atoms with Gasteiger partial charge in [-0.25, -0.2) is 4.39 Å². The van der Waals surface area contributed by atoms with E-state index in [-0.39, 0.29) is 11.7 Å². The van der Waals surface area contributed by atoms with Crippen LogP contribution in [0, 0.1) is 17.7 Å². The zero-order valence-corrected chi connectivity index (χ0v) is 13.7. The van der Waals surface area contributed by atoms with Crippen molar-refractivity contribution in [2.75, 3.05) is 6.61 Å². The van der Waals surface area contributed by atoms with Crippen LogP contribution in [0.3, 0.4) is 0 Å². The number of halogens is 1. The van der Waals surface area contributed by atoms with E-state index in [1.165, 1.54) is 17.7 Å². The van der Waals surface area contributed by atoms with Crippen LogP contribution in [-0.2, 0) is 11.2 Å². The van der Waals surface area contributed by atoms with Crippen molar-refractivity contribution in [3.8, 4) is 16.9 Å². The number of carboxylic acid groups (broad SMARTS) is 1. The number of rotatable bonds is 7. The number of aliphatic carboxylic acids is 1. The third kappa shape index (κ3) is 3.75. The van der Waals surface area contributed by atoms with Gasteiger partial charge in [0.1, 0.15) is 11.6 Å². The van der Waals surface area contributed by atoms with E-state index >= 15 is 0 Å². The lowest BCUT2D eigenvalue weighted by Gasteiger charge is -2.11. The van der Waals surface area contributed by atoms with Gasteiger partial charge in [0.2, 0.25) is 0 Å². The first-order chi connectivity index (χ1) is 11.6. The van der Waals surface area contributed by atoms with E-state index < -0.39 is 5.97 Å². The summed E-state index contributed by atoms with van der Waals surface area (Å²) >= 11 is 0. The van der Waals surface area contributed by atoms with E-state index in [4.69, 9.17) is 9.84 Å². The average molecular weight is 328 g/mol. The van der Waals surface area contributed by atoms with Crippen LogP contribution in [0.4, 0.5) is 4.39 Å². The Bertz CT molecular complexity index is 724. The Morgan fingerprint density at radius 1 is 1.25 bits per heavy atom. The van der Waals surface area contributed by atoms with Crippen LogP contribution >= 0.6 is 0 Å². The lowest BCUT2D eigenvalue weighted by atomic mass is 10.00. The number of carboxylic acids is 1. The summed E-state index contributed by atoms with van der Waals surface area (Å²) in [5, 5.41) is 8.93. The molecule has 3 rings (SSSR count). The van der Waals surface area contributed by atoms with Crippen molar-refractivity contribution in [3.05, 3.63) is 53.8 Å². The van der Waals surface area contributed by atoms with Gasteiger partial charge >= 0.3 is 5.97 Å².